The predicted octanol–water partition coefficient (Wildman–Crippen LogP) is 3.06. The topological polar surface area (TPSA) is 70.1 Å². The van der Waals surface area contributed by atoms with Gasteiger partial charge in [-0.05, 0) is 37.5 Å². The van der Waals surface area contributed by atoms with E-state index in [1.165, 1.54) is 5.56 Å². The molecule has 0 unspecified atom stereocenters. The summed E-state index contributed by atoms with van der Waals surface area (Å²) in [5.41, 5.74) is 8.37. The molecule has 0 amide bonds. The lowest BCUT2D eigenvalue weighted by atomic mass is 10.0. The summed E-state index contributed by atoms with van der Waals surface area (Å²) in [6.45, 7) is 8.15. The number of aryl methyl sites for hydroxylation is 1. The van der Waals surface area contributed by atoms with Crippen LogP contribution in [0.3, 0.4) is 0 Å². The molecule has 112 valence electrons. The van der Waals surface area contributed by atoms with Gasteiger partial charge in [0.15, 0.2) is 5.69 Å². The van der Waals surface area contributed by atoms with Gasteiger partial charge in [-0.3, -0.25) is 4.57 Å². The van der Waals surface area contributed by atoms with Gasteiger partial charge in [-0.15, -0.1) is 0 Å². The van der Waals surface area contributed by atoms with E-state index >= 15 is 0 Å². The second kappa shape index (κ2) is 5.99. The van der Waals surface area contributed by atoms with Crippen molar-refractivity contribution in [3.05, 3.63) is 41.3 Å². The molecule has 2 aromatic rings. The van der Waals surface area contributed by atoms with Crippen LogP contribution >= 0.6 is 0 Å². The molecule has 5 nitrogen and oxygen atoms in total. The lowest BCUT2D eigenvalue weighted by Gasteiger charge is -2.10. The highest BCUT2D eigenvalue weighted by molar-refractivity contribution is 5.92. The van der Waals surface area contributed by atoms with Crippen LogP contribution in [0.5, 0.6) is 0 Å². The van der Waals surface area contributed by atoms with Crippen LogP contribution in [0, 0.1) is 6.92 Å². The molecule has 5 heteroatoms. The van der Waals surface area contributed by atoms with Gasteiger partial charge in [0.25, 0.3) is 0 Å². The van der Waals surface area contributed by atoms with Crippen molar-refractivity contribution in [1.82, 2.24) is 9.55 Å². The zero-order valence-electron chi connectivity index (χ0n) is 12.9. The van der Waals surface area contributed by atoms with Gasteiger partial charge in [0.05, 0.1) is 6.61 Å². The number of anilines is 1. The van der Waals surface area contributed by atoms with Crippen LogP contribution in [-0.4, -0.2) is 22.1 Å². The molecule has 0 aliphatic heterocycles. The van der Waals surface area contributed by atoms with Crippen molar-refractivity contribution < 1.29 is 9.53 Å². The van der Waals surface area contributed by atoms with Crippen molar-refractivity contribution in [3.63, 3.8) is 0 Å². The van der Waals surface area contributed by atoms with Crippen LogP contribution in [0.1, 0.15) is 48.6 Å². The number of imidazole rings is 1. The third-order valence-corrected chi connectivity index (χ3v) is 3.37. The van der Waals surface area contributed by atoms with Crippen LogP contribution < -0.4 is 5.73 Å². The molecular weight excluding hydrogens is 266 g/mol. The van der Waals surface area contributed by atoms with Crippen molar-refractivity contribution in [3.8, 4) is 5.69 Å². The van der Waals surface area contributed by atoms with E-state index in [0.29, 0.717) is 24.2 Å². The molecule has 0 saturated carbocycles. The van der Waals surface area contributed by atoms with Gasteiger partial charge in [-0.25, -0.2) is 9.78 Å². The number of benzene rings is 1. The summed E-state index contributed by atoms with van der Waals surface area (Å²) in [6.07, 6.45) is 0. The smallest absolute Gasteiger partial charge is 0.360 e. The lowest BCUT2D eigenvalue weighted by molar-refractivity contribution is 0.0521. The third kappa shape index (κ3) is 2.91. The number of nitrogen functional groups attached to an aromatic ring is 1. The number of esters is 1. The molecule has 1 aromatic carbocycles. The van der Waals surface area contributed by atoms with E-state index in [4.69, 9.17) is 10.5 Å². The summed E-state index contributed by atoms with van der Waals surface area (Å²) in [5, 5.41) is 0. The Hall–Kier alpha value is -2.30. The molecule has 0 saturated heterocycles. The molecule has 0 spiro atoms. The number of nitrogens with zero attached hydrogens (tertiary/aromatic N) is 2. The number of hydrogen-bond acceptors (Lipinski definition) is 4. The van der Waals surface area contributed by atoms with Gasteiger partial charge in [0.1, 0.15) is 11.6 Å². The molecule has 0 aliphatic rings. The van der Waals surface area contributed by atoms with Crippen LogP contribution in [0.25, 0.3) is 5.69 Å². The van der Waals surface area contributed by atoms with Gasteiger partial charge in [0, 0.05) is 5.69 Å². The molecule has 0 radical (unpaired) electrons. The maximum atomic E-state index is 11.8. The van der Waals surface area contributed by atoms with Crippen molar-refractivity contribution in [2.75, 3.05) is 12.3 Å². The minimum atomic E-state index is -0.490. The minimum absolute atomic E-state index is 0.169. The Morgan fingerprint density at radius 3 is 2.48 bits per heavy atom. The van der Waals surface area contributed by atoms with Gasteiger partial charge in [-0.1, -0.05) is 26.0 Å². The number of aromatic nitrogens is 2. The van der Waals surface area contributed by atoms with E-state index in [2.05, 4.69) is 31.0 Å². The van der Waals surface area contributed by atoms with Crippen molar-refractivity contribution in [2.24, 2.45) is 0 Å². The summed E-state index contributed by atoms with van der Waals surface area (Å²) in [7, 11) is 0. The highest BCUT2D eigenvalue weighted by Crippen LogP contribution is 2.23. The molecule has 0 fully saturated rings. The summed E-state index contributed by atoms with van der Waals surface area (Å²) in [6, 6.07) is 8.08. The first-order chi connectivity index (χ1) is 9.95. The molecule has 1 aromatic heterocycles. The van der Waals surface area contributed by atoms with Gasteiger partial charge in [-0.2, -0.15) is 0 Å². The highest BCUT2D eigenvalue weighted by atomic mass is 16.5. The van der Waals surface area contributed by atoms with E-state index < -0.39 is 5.97 Å². The normalized spacial score (nSPS) is 10.9. The van der Waals surface area contributed by atoms with E-state index in [-0.39, 0.29) is 5.69 Å². The maximum absolute atomic E-state index is 11.8. The van der Waals surface area contributed by atoms with E-state index in [1.54, 1.807) is 11.5 Å². The highest BCUT2D eigenvalue weighted by Gasteiger charge is 2.20. The van der Waals surface area contributed by atoms with E-state index in [9.17, 15) is 4.79 Å². The number of hydrogen-bond donors (Lipinski definition) is 1. The number of nitrogens with two attached hydrogens (primary N) is 1. The van der Waals surface area contributed by atoms with Gasteiger partial charge >= 0.3 is 5.97 Å². The first kappa shape index (κ1) is 15.1. The summed E-state index contributed by atoms with van der Waals surface area (Å²) in [4.78, 5) is 16.1. The molecule has 21 heavy (non-hydrogen) atoms. The number of carbonyl (C=O) groups is 1. The van der Waals surface area contributed by atoms with Crippen LogP contribution in [0.4, 0.5) is 5.82 Å². The summed E-state index contributed by atoms with van der Waals surface area (Å²) >= 11 is 0. The predicted molar refractivity (Wildman–Crippen MR) is 82.8 cm³/mol. The van der Waals surface area contributed by atoms with Crippen LogP contribution in [0.15, 0.2) is 24.3 Å². The first-order valence-corrected chi connectivity index (χ1v) is 7.08. The summed E-state index contributed by atoms with van der Waals surface area (Å²) < 4.78 is 6.73. The number of rotatable bonds is 4. The molecule has 1 heterocycles. The second-order valence-electron chi connectivity index (χ2n) is 5.19. The van der Waals surface area contributed by atoms with Crippen molar-refractivity contribution in [2.45, 2.75) is 33.6 Å². The van der Waals surface area contributed by atoms with Crippen molar-refractivity contribution >= 4 is 11.8 Å². The quantitative estimate of drug-likeness (QED) is 0.877. The summed E-state index contributed by atoms with van der Waals surface area (Å²) in [5.74, 6) is 0.946. The van der Waals surface area contributed by atoms with E-state index in [0.717, 1.165) is 5.69 Å². The van der Waals surface area contributed by atoms with Gasteiger partial charge in [0.2, 0.25) is 0 Å². The molecule has 0 atom stereocenters. The fourth-order valence-corrected chi connectivity index (χ4v) is 2.23. The molecule has 0 bridgehead atoms. The standard InChI is InChI=1S/C16H21N3O2/c1-5-21-16(20)14-15(17)19(11(4)18-14)13-8-6-12(7-9-13)10(2)3/h6-10H,5,17H2,1-4H3. The zero-order valence-corrected chi connectivity index (χ0v) is 12.9. The molecule has 2 rings (SSSR count). The Morgan fingerprint density at radius 1 is 1.33 bits per heavy atom. The van der Waals surface area contributed by atoms with E-state index in [1.807, 2.05) is 19.1 Å². The molecule has 0 aliphatic carbocycles. The fourth-order valence-electron chi connectivity index (χ4n) is 2.23. The second-order valence-corrected chi connectivity index (χ2v) is 5.19. The van der Waals surface area contributed by atoms with Crippen molar-refractivity contribution in [1.29, 1.82) is 0 Å². The largest absolute Gasteiger partial charge is 0.461 e. The Labute approximate surface area is 124 Å². The Kier molecular flexibility index (Phi) is 4.31. The Morgan fingerprint density at radius 2 is 1.95 bits per heavy atom. The maximum Gasteiger partial charge on any atom is 0.360 e. The number of carbonyl (C=O) groups excluding carboxylic acids is 1. The molecular formula is C16H21N3O2. The van der Waals surface area contributed by atoms with Crippen LogP contribution in [-0.2, 0) is 4.74 Å². The molecule has 2 N–H and O–H groups in total. The third-order valence-electron chi connectivity index (χ3n) is 3.37. The Balaban J connectivity index is 2.42. The minimum Gasteiger partial charge on any atom is -0.461 e. The zero-order chi connectivity index (χ0) is 15.6. The number of ether oxygens (including phenoxy) is 1. The van der Waals surface area contributed by atoms with Gasteiger partial charge < -0.3 is 10.5 Å². The first-order valence-electron chi connectivity index (χ1n) is 7.08. The fraction of sp³-hybridized carbons (Fsp3) is 0.375. The monoisotopic (exact) mass is 287 g/mol. The van der Waals surface area contributed by atoms with Crippen LogP contribution in [0.2, 0.25) is 0 Å². The Bertz CT molecular complexity index is 642. The lowest BCUT2D eigenvalue weighted by Crippen LogP contribution is -2.09. The average molecular weight is 287 g/mol. The average Bonchev–Trinajstić information content (AvgIpc) is 2.74. The SMILES string of the molecule is CCOC(=O)c1nc(C)n(-c2ccc(C(C)C)cc2)c1N.